The Bertz CT molecular complexity index is 608. The topological polar surface area (TPSA) is 53.1 Å². The summed E-state index contributed by atoms with van der Waals surface area (Å²) in [5, 5.41) is 10.3. The molecule has 0 saturated heterocycles. The number of aliphatic carboxylic acids is 1. The van der Waals surface area contributed by atoms with Crippen molar-refractivity contribution in [3.8, 4) is 0 Å². The SMILES string of the molecule is CC(C)c1ccc2[nH]c(CC(C)(C)C(=O)O)cc2c1. The molecule has 0 spiro atoms. The molecule has 0 saturated carbocycles. The Labute approximate surface area is 113 Å². The third-order valence-corrected chi connectivity index (χ3v) is 3.58. The summed E-state index contributed by atoms with van der Waals surface area (Å²) in [5.41, 5.74) is 2.60. The first kappa shape index (κ1) is 13.7. The van der Waals surface area contributed by atoms with Crippen molar-refractivity contribution in [2.45, 2.75) is 40.0 Å². The molecule has 0 amide bonds. The highest BCUT2D eigenvalue weighted by molar-refractivity contribution is 5.82. The lowest BCUT2D eigenvalue weighted by atomic mass is 9.88. The van der Waals surface area contributed by atoms with Crippen molar-refractivity contribution in [3.63, 3.8) is 0 Å². The molecule has 1 heterocycles. The number of carbonyl (C=O) groups is 1. The van der Waals surface area contributed by atoms with Gasteiger partial charge < -0.3 is 10.1 Å². The van der Waals surface area contributed by atoms with Crippen LogP contribution in [-0.2, 0) is 11.2 Å². The van der Waals surface area contributed by atoms with Crippen LogP contribution in [0.25, 0.3) is 10.9 Å². The molecule has 0 aliphatic carbocycles. The lowest BCUT2D eigenvalue weighted by Gasteiger charge is -2.17. The number of carboxylic acid groups (broad SMARTS) is 1. The van der Waals surface area contributed by atoms with Crippen LogP contribution < -0.4 is 0 Å². The molecule has 0 aliphatic heterocycles. The number of aromatic amines is 1. The van der Waals surface area contributed by atoms with E-state index in [0.29, 0.717) is 12.3 Å². The van der Waals surface area contributed by atoms with E-state index in [1.807, 2.05) is 0 Å². The quantitative estimate of drug-likeness (QED) is 0.873. The normalized spacial score (nSPS) is 12.3. The summed E-state index contributed by atoms with van der Waals surface area (Å²) in [7, 11) is 0. The van der Waals surface area contributed by atoms with Gasteiger partial charge in [0, 0.05) is 17.6 Å². The molecular weight excluding hydrogens is 238 g/mol. The van der Waals surface area contributed by atoms with Gasteiger partial charge in [0.15, 0.2) is 0 Å². The molecule has 2 rings (SSSR count). The van der Waals surface area contributed by atoms with Gasteiger partial charge >= 0.3 is 5.97 Å². The molecule has 3 nitrogen and oxygen atoms in total. The second kappa shape index (κ2) is 4.72. The molecule has 0 bridgehead atoms. The molecule has 1 aromatic heterocycles. The third kappa shape index (κ3) is 2.80. The van der Waals surface area contributed by atoms with Crippen LogP contribution in [0.1, 0.15) is 44.9 Å². The van der Waals surface area contributed by atoms with Crippen LogP contribution in [0.3, 0.4) is 0 Å². The number of carboxylic acids is 1. The van der Waals surface area contributed by atoms with Crippen molar-refractivity contribution in [2.24, 2.45) is 5.41 Å². The fourth-order valence-electron chi connectivity index (χ4n) is 2.22. The average molecular weight is 259 g/mol. The molecule has 102 valence electrons. The largest absolute Gasteiger partial charge is 0.481 e. The summed E-state index contributed by atoms with van der Waals surface area (Å²) in [5.74, 6) is -0.271. The Balaban J connectivity index is 2.34. The number of hydrogen-bond donors (Lipinski definition) is 2. The Morgan fingerprint density at radius 3 is 2.58 bits per heavy atom. The van der Waals surface area contributed by atoms with Gasteiger partial charge in [0.25, 0.3) is 0 Å². The molecule has 19 heavy (non-hydrogen) atoms. The van der Waals surface area contributed by atoms with Crippen LogP contribution in [0.5, 0.6) is 0 Å². The van der Waals surface area contributed by atoms with Crippen LogP contribution in [-0.4, -0.2) is 16.1 Å². The Kier molecular flexibility index (Phi) is 3.40. The fraction of sp³-hybridized carbons (Fsp3) is 0.438. The summed E-state index contributed by atoms with van der Waals surface area (Å²) in [6, 6.07) is 8.43. The number of H-pyrrole nitrogens is 1. The molecule has 0 unspecified atom stereocenters. The number of rotatable bonds is 4. The summed E-state index contributed by atoms with van der Waals surface area (Å²) in [6.07, 6.45) is 0.508. The highest BCUT2D eigenvalue weighted by Gasteiger charge is 2.28. The van der Waals surface area contributed by atoms with Crippen molar-refractivity contribution in [2.75, 3.05) is 0 Å². The molecule has 0 aliphatic rings. The van der Waals surface area contributed by atoms with E-state index in [-0.39, 0.29) is 0 Å². The van der Waals surface area contributed by atoms with E-state index in [0.717, 1.165) is 16.6 Å². The van der Waals surface area contributed by atoms with Crippen molar-refractivity contribution in [3.05, 3.63) is 35.5 Å². The second-order valence-corrected chi connectivity index (χ2v) is 6.16. The van der Waals surface area contributed by atoms with Crippen molar-refractivity contribution in [1.29, 1.82) is 0 Å². The maximum absolute atomic E-state index is 11.2. The number of hydrogen-bond acceptors (Lipinski definition) is 1. The lowest BCUT2D eigenvalue weighted by molar-refractivity contribution is -0.146. The maximum Gasteiger partial charge on any atom is 0.309 e. The van der Waals surface area contributed by atoms with E-state index >= 15 is 0 Å². The minimum atomic E-state index is -0.769. The van der Waals surface area contributed by atoms with Gasteiger partial charge in [0.1, 0.15) is 0 Å². The number of fused-ring (bicyclic) bond motifs is 1. The minimum absolute atomic E-state index is 0.498. The van der Waals surface area contributed by atoms with Crippen molar-refractivity contribution in [1.82, 2.24) is 4.98 Å². The molecule has 1 aromatic carbocycles. The summed E-state index contributed by atoms with van der Waals surface area (Å²) in [4.78, 5) is 14.5. The van der Waals surface area contributed by atoms with E-state index in [1.165, 1.54) is 5.56 Å². The van der Waals surface area contributed by atoms with Crippen LogP contribution in [0, 0.1) is 5.41 Å². The maximum atomic E-state index is 11.2. The first-order valence-corrected chi connectivity index (χ1v) is 6.64. The first-order chi connectivity index (χ1) is 8.79. The minimum Gasteiger partial charge on any atom is -0.481 e. The van der Waals surface area contributed by atoms with Gasteiger partial charge in [0.2, 0.25) is 0 Å². The second-order valence-electron chi connectivity index (χ2n) is 6.16. The lowest BCUT2D eigenvalue weighted by Crippen LogP contribution is -2.26. The molecule has 3 heteroatoms. The predicted octanol–water partition coefficient (Wildman–Crippen LogP) is 3.94. The number of benzene rings is 1. The number of nitrogens with one attached hydrogen (secondary N) is 1. The molecule has 0 atom stereocenters. The van der Waals surface area contributed by atoms with Gasteiger partial charge in [-0.25, -0.2) is 0 Å². The van der Waals surface area contributed by atoms with Crippen LogP contribution >= 0.6 is 0 Å². The zero-order chi connectivity index (χ0) is 14.2. The summed E-state index contributed by atoms with van der Waals surface area (Å²) >= 11 is 0. The van der Waals surface area contributed by atoms with Crippen LogP contribution in [0.15, 0.2) is 24.3 Å². The first-order valence-electron chi connectivity index (χ1n) is 6.64. The monoisotopic (exact) mass is 259 g/mol. The molecule has 0 radical (unpaired) electrons. The van der Waals surface area contributed by atoms with E-state index in [1.54, 1.807) is 13.8 Å². The van der Waals surface area contributed by atoms with E-state index in [4.69, 9.17) is 0 Å². The smallest absolute Gasteiger partial charge is 0.309 e. The average Bonchev–Trinajstić information content (AvgIpc) is 2.68. The van der Waals surface area contributed by atoms with Crippen molar-refractivity contribution < 1.29 is 9.90 Å². The standard InChI is InChI=1S/C16H21NO2/c1-10(2)11-5-6-14-12(7-11)8-13(17-14)9-16(3,4)15(18)19/h5-8,10,17H,9H2,1-4H3,(H,18,19). The molecular formula is C16H21NO2. The Hall–Kier alpha value is -1.77. The van der Waals surface area contributed by atoms with Gasteiger partial charge in [-0.15, -0.1) is 0 Å². The van der Waals surface area contributed by atoms with Gasteiger partial charge in [-0.1, -0.05) is 19.9 Å². The van der Waals surface area contributed by atoms with E-state index in [9.17, 15) is 9.90 Å². The third-order valence-electron chi connectivity index (χ3n) is 3.58. The van der Waals surface area contributed by atoms with Gasteiger partial charge in [-0.3, -0.25) is 4.79 Å². The highest BCUT2D eigenvalue weighted by atomic mass is 16.4. The molecule has 2 aromatic rings. The van der Waals surface area contributed by atoms with Gasteiger partial charge in [-0.05, 0) is 48.9 Å². The van der Waals surface area contributed by atoms with E-state index < -0.39 is 11.4 Å². The number of aromatic nitrogens is 1. The van der Waals surface area contributed by atoms with Gasteiger partial charge in [-0.2, -0.15) is 0 Å². The van der Waals surface area contributed by atoms with Gasteiger partial charge in [0.05, 0.1) is 5.41 Å². The summed E-state index contributed by atoms with van der Waals surface area (Å²) in [6.45, 7) is 7.84. The zero-order valence-corrected chi connectivity index (χ0v) is 11.9. The van der Waals surface area contributed by atoms with Crippen LogP contribution in [0.4, 0.5) is 0 Å². The zero-order valence-electron chi connectivity index (χ0n) is 11.9. The van der Waals surface area contributed by atoms with E-state index in [2.05, 4.69) is 43.1 Å². The van der Waals surface area contributed by atoms with Crippen LogP contribution in [0.2, 0.25) is 0 Å². The fourth-order valence-corrected chi connectivity index (χ4v) is 2.22. The Morgan fingerprint density at radius 1 is 1.32 bits per heavy atom. The highest BCUT2D eigenvalue weighted by Crippen LogP contribution is 2.26. The summed E-state index contributed by atoms with van der Waals surface area (Å²) < 4.78 is 0. The van der Waals surface area contributed by atoms with Crippen molar-refractivity contribution >= 4 is 16.9 Å². The Morgan fingerprint density at radius 2 is 2.00 bits per heavy atom. The molecule has 0 fully saturated rings. The molecule has 2 N–H and O–H groups in total. The predicted molar refractivity (Wildman–Crippen MR) is 77.5 cm³/mol.